The second-order valence-corrected chi connectivity index (χ2v) is 6.33. The van der Waals surface area contributed by atoms with Crippen molar-refractivity contribution in [2.45, 2.75) is 32.1 Å². The number of carbonyl (C=O) groups excluding carboxylic acids is 1. The van der Waals surface area contributed by atoms with Gasteiger partial charge in [0.1, 0.15) is 0 Å². The number of thiophene rings is 1. The van der Waals surface area contributed by atoms with Gasteiger partial charge in [0, 0.05) is 13.0 Å². The van der Waals surface area contributed by atoms with Crippen LogP contribution in [0.25, 0.3) is 0 Å². The molecule has 0 spiro atoms. The van der Waals surface area contributed by atoms with Gasteiger partial charge >= 0.3 is 0 Å². The van der Waals surface area contributed by atoms with Crippen LogP contribution >= 0.6 is 34.5 Å². The van der Waals surface area contributed by atoms with E-state index in [9.17, 15) is 4.79 Å². The topological polar surface area (TPSA) is 55.1 Å². The van der Waals surface area contributed by atoms with E-state index in [1.54, 1.807) is 0 Å². The highest BCUT2D eigenvalue weighted by Gasteiger charge is 2.07. The zero-order valence-electron chi connectivity index (χ0n) is 10.2. The fourth-order valence-electron chi connectivity index (χ4n) is 1.57. The molecule has 0 unspecified atom stereocenters. The zero-order valence-corrected chi connectivity index (χ0v) is 12.5. The van der Waals surface area contributed by atoms with E-state index in [1.165, 1.54) is 11.3 Å². The smallest absolute Gasteiger partial charge is 0.220 e. The minimum absolute atomic E-state index is 0.0875. The van der Waals surface area contributed by atoms with Crippen molar-refractivity contribution in [2.24, 2.45) is 5.73 Å². The van der Waals surface area contributed by atoms with Crippen molar-refractivity contribution in [3.63, 3.8) is 0 Å². The van der Waals surface area contributed by atoms with Gasteiger partial charge in [0.05, 0.1) is 8.67 Å². The molecule has 3 nitrogen and oxygen atoms in total. The molecule has 1 rings (SSSR count). The third kappa shape index (κ3) is 6.05. The molecule has 0 aliphatic carbocycles. The largest absolute Gasteiger partial charge is 0.356 e. The normalized spacial score (nSPS) is 10.6. The Morgan fingerprint density at radius 2 is 2.11 bits per heavy atom. The lowest BCUT2D eigenvalue weighted by molar-refractivity contribution is -0.121. The van der Waals surface area contributed by atoms with E-state index in [0.29, 0.717) is 23.8 Å². The van der Waals surface area contributed by atoms with Gasteiger partial charge in [0.15, 0.2) is 0 Å². The van der Waals surface area contributed by atoms with Crippen molar-refractivity contribution < 1.29 is 4.79 Å². The van der Waals surface area contributed by atoms with Gasteiger partial charge in [-0.05, 0) is 43.9 Å². The summed E-state index contributed by atoms with van der Waals surface area (Å²) in [6.07, 6.45) is 3.98. The standard InChI is InChI=1S/C12H18Cl2N2OS/c13-10-8-9(12(14)18-10)4-3-5-11(17)16-7-2-1-6-15/h8H,1-7,15H2,(H,16,17). The van der Waals surface area contributed by atoms with Crippen LogP contribution in [0, 0.1) is 0 Å². The average Bonchev–Trinajstić information content (AvgIpc) is 2.64. The molecule has 6 heteroatoms. The first-order chi connectivity index (χ1) is 8.63. The first kappa shape index (κ1) is 15.8. The van der Waals surface area contributed by atoms with E-state index in [4.69, 9.17) is 28.9 Å². The molecule has 3 N–H and O–H groups in total. The number of nitrogens with one attached hydrogen (secondary N) is 1. The Balaban J connectivity index is 2.13. The monoisotopic (exact) mass is 308 g/mol. The van der Waals surface area contributed by atoms with Gasteiger partial charge in [-0.25, -0.2) is 0 Å². The molecule has 18 heavy (non-hydrogen) atoms. The molecule has 0 fully saturated rings. The van der Waals surface area contributed by atoms with Gasteiger partial charge in [-0.2, -0.15) is 0 Å². The number of rotatable bonds is 8. The Labute approximate surface area is 122 Å². The predicted molar refractivity (Wildman–Crippen MR) is 78.6 cm³/mol. The third-order valence-electron chi connectivity index (χ3n) is 2.53. The van der Waals surface area contributed by atoms with Crippen LogP contribution in [0.15, 0.2) is 6.07 Å². The second kappa shape index (κ2) is 8.75. The molecule has 0 saturated heterocycles. The molecular weight excluding hydrogens is 291 g/mol. The number of unbranched alkanes of at least 4 members (excludes halogenated alkanes) is 1. The summed E-state index contributed by atoms with van der Waals surface area (Å²) in [5.74, 6) is 0.0875. The van der Waals surface area contributed by atoms with Crippen LogP contribution in [-0.2, 0) is 11.2 Å². The van der Waals surface area contributed by atoms with Crippen LogP contribution < -0.4 is 11.1 Å². The highest BCUT2D eigenvalue weighted by Crippen LogP contribution is 2.31. The van der Waals surface area contributed by atoms with Crippen molar-refractivity contribution >= 4 is 40.4 Å². The van der Waals surface area contributed by atoms with Gasteiger partial charge in [0.25, 0.3) is 0 Å². The lowest BCUT2D eigenvalue weighted by Crippen LogP contribution is -2.24. The number of amides is 1. The molecule has 0 saturated carbocycles. The summed E-state index contributed by atoms with van der Waals surface area (Å²) in [7, 11) is 0. The Bertz CT molecular complexity index is 382. The average molecular weight is 309 g/mol. The van der Waals surface area contributed by atoms with Crippen LogP contribution in [0.1, 0.15) is 31.2 Å². The van der Waals surface area contributed by atoms with Gasteiger partial charge in [-0.3, -0.25) is 4.79 Å². The van der Waals surface area contributed by atoms with Gasteiger partial charge in [-0.1, -0.05) is 23.2 Å². The lowest BCUT2D eigenvalue weighted by atomic mass is 10.1. The maximum atomic E-state index is 11.5. The predicted octanol–water partition coefficient (Wildman–Crippen LogP) is 3.23. The van der Waals surface area contributed by atoms with Crippen LogP contribution in [0.5, 0.6) is 0 Å². The van der Waals surface area contributed by atoms with E-state index >= 15 is 0 Å². The van der Waals surface area contributed by atoms with E-state index in [0.717, 1.165) is 35.6 Å². The molecule has 0 atom stereocenters. The first-order valence-electron chi connectivity index (χ1n) is 6.04. The van der Waals surface area contributed by atoms with E-state index < -0.39 is 0 Å². The van der Waals surface area contributed by atoms with Gasteiger partial charge in [-0.15, -0.1) is 11.3 Å². The Morgan fingerprint density at radius 1 is 1.33 bits per heavy atom. The number of hydrogen-bond acceptors (Lipinski definition) is 3. The second-order valence-electron chi connectivity index (χ2n) is 4.05. The van der Waals surface area contributed by atoms with Crippen LogP contribution in [0.4, 0.5) is 0 Å². The summed E-state index contributed by atoms with van der Waals surface area (Å²) in [6, 6.07) is 1.87. The van der Waals surface area contributed by atoms with Crippen molar-refractivity contribution in [3.05, 3.63) is 20.3 Å². The molecule has 0 aliphatic heterocycles. The van der Waals surface area contributed by atoms with E-state index in [-0.39, 0.29) is 5.91 Å². The zero-order chi connectivity index (χ0) is 13.4. The van der Waals surface area contributed by atoms with Gasteiger partial charge in [0.2, 0.25) is 5.91 Å². The Hall–Kier alpha value is -0.290. The van der Waals surface area contributed by atoms with Crippen molar-refractivity contribution in [1.29, 1.82) is 0 Å². The lowest BCUT2D eigenvalue weighted by Gasteiger charge is -2.04. The summed E-state index contributed by atoms with van der Waals surface area (Å²) in [4.78, 5) is 11.5. The van der Waals surface area contributed by atoms with E-state index in [1.807, 2.05) is 6.07 Å². The van der Waals surface area contributed by atoms with Crippen molar-refractivity contribution in [2.75, 3.05) is 13.1 Å². The number of halogens is 2. The molecule has 0 bridgehead atoms. The summed E-state index contributed by atoms with van der Waals surface area (Å²) in [6.45, 7) is 1.38. The molecule has 1 heterocycles. The minimum Gasteiger partial charge on any atom is -0.356 e. The molecule has 1 aromatic rings. The molecule has 0 radical (unpaired) electrons. The summed E-state index contributed by atoms with van der Waals surface area (Å²) in [5, 5.41) is 2.87. The van der Waals surface area contributed by atoms with Crippen LogP contribution in [-0.4, -0.2) is 19.0 Å². The number of aryl methyl sites for hydroxylation is 1. The minimum atomic E-state index is 0.0875. The fourth-order valence-corrected chi connectivity index (χ4v) is 3.11. The molecule has 0 aliphatic rings. The van der Waals surface area contributed by atoms with Crippen LogP contribution in [0.3, 0.4) is 0 Å². The van der Waals surface area contributed by atoms with E-state index in [2.05, 4.69) is 5.32 Å². The summed E-state index contributed by atoms with van der Waals surface area (Å²) >= 11 is 13.2. The molecule has 1 aromatic heterocycles. The first-order valence-corrected chi connectivity index (χ1v) is 7.61. The van der Waals surface area contributed by atoms with Gasteiger partial charge < -0.3 is 11.1 Å². The molecular formula is C12H18Cl2N2OS. The summed E-state index contributed by atoms with van der Waals surface area (Å²) in [5.41, 5.74) is 6.40. The number of hydrogen-bond donors (Lipinski definition) is 2. The number of carbonyl (C=O) groups is 1. The van der Waals surface area contributed by atoms with Crippen LogP contribution in [0.2, 0.25) is 8.67 Å². The maximum Gasteiger partial charge on any atom is 0.220 e. The highest BCUT2D eigenvalue weighted by atomic mass is 35.5. The SMILES string of the molecule is NCCCCNC(=O)CCCc1cc(Cl)sc1Cl. The van der Waals surface area contributed by atoms with Crippen molar-refractivity contribution in [3.8, 4) is 0 Å². The highest BCUT2D eigenvalue weighted by molar-refractivity contribution is 7.20. The van der Waals surface area contributed by atoms with Crippen molar-refractivity contribution in [1.82, 2.24) is 5.32 Å². The Morgan fingerprint density at radius 3 is 2.72 bits per heavy atom. The maximum absolute atomic E-state index is 11.5. The molecule has 102 valence electrons. The molecule has 1 amide bonds. The fraction of sp³-hybridized carbons (Fsp3) is 0.583. The quantitative estimate of drug-likeness (QED) is 0.724. The summed E-state index contributed by atoms with van der Waals surface area (Å²) < 4.78 is 1.42. The third-order valence-corrected chi connectivity index (χ3v) is 4.10. The number of nitrogens with two attached hydrogens (primary N) is 1. The molecule has 0 aromatic carbocycles. The Kier molecular flexibility index (Phi) is 7.66.